The summed E-state index contributed by atoms with van der Waals surface area (Å²) in [5.41, 5.74) is 1.95. The van der Waals surface area contributed by atoms with Gasteiger partial charge in [0, 0.05) is 54.0 Å². The molecular weight excluding hydrogens is 447 g/mol. The van der Waals surface area contributed by atoms with Crippen LogP contribution in [-0.4, -0.2) is 50.8 Å². The molecule has 0 aliphatic carbocycles. The fourth-order valence-corrected chi connectivity index (χ4v) is 4.62. The van der Waals surface area contributed by atoms with Crippen LogP contribution in [0.25, 0.3) is 0 Å². The van der Waals surface area contributed by atoms with Crippen LogP contribution in [0, 0.1) is 6.92 Å². The molecule has 3 rings (SSSR count). The molecule has 2 unspecified atom stereocenters. The van der Waals surface area contributed by atoms with Gasteiger partial charge in [0.15, 0.2) is 0 Å². The summed E-state index contributed by atoms with van der Waals surface area (Å²) in [6.07, 6.45) is 2.09. The monoisotopic (exact) mass is 470 g/mol. The fraction of sp³-hybridized carbons (Fsp3) is 0.476. The van der Waals surface area contributed by atoms with Gasteiger partial charge in [-0.1, -0.05) is 48.4 Å². The Hall–Kier alpha value is -0.980. The number of rotatable bonds is 7. The molecule has 8 heteroatoms. The van der Waals surface area contributed by atoms with Crippen LogP contribution >= 0.6 is 47.0 Å². The van der Waals surface area contributed by atoms with Crippen molar-refractivity contribution < 1.29 is 0 Å². The van der Waals surface area contributed by atoms with E-state index in [0.717, 1.165) is 53.8 Å². The largest absolute Gasteiger partial charge is 0.366 e. The zero-order valence-electron chi connectivity index (χ0n) is 16.6. The Morgan fingerprint density at radius 3 is 2.69 bits per heavy atom. The van der Waals surface area contributed by atoms with Gasteiger partial charge in [-0.05, 0) is 37.6 Å². The van der Waals surface area contributed by atoms with Crippen molar-refractivity contribution in [1.29, 1.82) is 0 Å². The van der Waals surface area contributed by atoms with E-state index >= 15 is 0 Å². The molecule has 1 fully saturated rings. The van der Waals surface area contributed by atoms with Gasteiger partial charge in [-0.25, -0.2) is 9.97 Å². The number of hydrogen-bond donors (Lipinski definition) is 1. The Balaban J connectivity index is 1.65. The lowest BCUT2D eigenvalue weighted by atomic mass is 10.1. The summed E-state index contributed by atoms with van der Waals surface area (Å²) in [7, 11) is 0. The van der Waals surface area contributed by atoms with Crippen LogP contribution < -0.4 is 5.32 Å². The average Bonchev–Trinajstić information content (AvgIpc) is 2.63. The number of anilines is 1. The third kappa shape index (κ3) is 6.76. The van der Waals surface area contributed by atoms with Crippen LogP contribution in [0.3, 0.4) is 0 Å². The van der Waals surface area contributed by atoms with Gasteiger partial charge in [-0.15, -0.1) is 11.6 Å². The maximum atomic E-state index is 6.43. The van der Waals surface area contributed by atoms with E-state index < -0.39 is 0 Å². The van der Waals surface area contributed by atoms with Crippen molar-refractivity contribution in [2.75, 3.05) is 25.0 Å². The summed E-state index contributed by atoms with van der Waals surface area (Å²) in [6, 6.07) is 7.83. The van der Waals surface area contributed by atoms with Crippen molar-refractivity contribution in [2.45, 2.75) is 44.5 Å². The molecule has 0 saturated carbocycles. The maximum Gasteiger partial charge on any atom is 0.135 e. The first kappa shape index (κ1) is 22.7. The number of nitrogens with one attached hydrogen (secondary N) is 1. The highest BCUT2D eigenvalue weighted by molar-refractivity contribution is 7.80. The van der Waals surface area contributed by atoms with Crippen molar-refractivity contribution in [3.63, 3.8) is 0 Å². The Labute approximate surface area is 193 Å². The Morgan fingerprint density at radius 1 is 1.17 bits per heavy atom. The number of alkyl halides is 1. The molecule has 1 aliphatic rings. The third-order valence-electron chi connectivity index (χ3n) is 4.92. The molecule has 2 atom stereocenters. The number of nitrogens with zero attached hydrogens (tertiary/aromatic N) is 3. The lowest BCUT2D eigenvalue weighted by Crippen LogP contribution is -2.46. The number of aryl methyl sites for hydroxylation is 1. The van der Waals surface area contributed by atoms with Crippen molar-refractivity contribution >= 4 is 57.7 Å². The minimum atomic E-state index is 0.155. The van der Waals surface area contributed by atoms with Gasteiger partial charge in [0.1, 0.15) is 11.6 Å². The predicted molar refractivity (Wildman–Crippen MR) is 127 cm³/mol. The minimum absolute atomic E-state index is 0.155. The Bertz CT molecular complexity index is 877. The molecular formula is C21H25Cl3N4S. The van der Waals surface area contributed by atoms with Gasteiger partial charge in [0.05, 0.1) is 10.0 Å². The first-order chi connectivity index (χ1) is 13.8. The highest BCUT2D eigenvalue weighted by Gasteiger charge is 2.25. The Kier molecular flexibility index (Phi) is 8.11. The number of aromatic nitrogens is 2. The standard InChI is InChI=1S/C21H25Cl3N4S/c1-3-28-11-15(22)9-16(12-28)26-20-6-13(2)25-21(27-20)10-17(29)7-14-4-5-18(23)19(24)8-14/h4-6,8,15-16H,3,7,9-12H2,1-2H3,(H,25,26,27). The number of benzene rings is 1. The summed E-state index contributed by atoms with van der Waals surface area (Å²) >= 11 is 24.1. The number of hydrogen-bond acceptors (Lipinski definition) is 5. The minimum Gasteiger partial charge on any atom is -0.366 e. The lowest BCUT2D eigenvalue weighted by molar-refractivity contribution is 0.230. The van der Waals surface area contributed by atoms with Gasteiger partial charge < -0.3 is 10.2 Å². The molecule has 0 spiro atoms. The summed E-state index contributed by atoms with van der Waals surface area (Å²) < 4.78 is 0. The zero-order chi connectivity index (χ0) is 21.0. The molecule has 156 valence electrons. The van der Waals surface area contributed by atoms with Crippen molar-refractivity contribution in [3.8, 4) is 0 Å². The summed E-state index contributed by atoms with van der Waals surface area (Å²) in [4.78, 5) is 12.5. The quantitative estimate of drug-likeness (QED) is 0.435. The smallest absolute Gasteiger partial charge is 0.135 e. The lowest BCUT2D eigenvalue weighted by Gasteiger charge is -2.35. The van der Waals surface area contributed by atoms with E-state index in [1.165, 1.54) is 0 Å². The maximum absolute atomic E-state index is 6.43. The number of piperidine rings is 1. The van der Waals surface area contributed by atoms with Crippen LogP contribution in [0.15, 0.2) is 24.3 Å². The predicted octanol–water partition coefficient (Wildman–Crippen LogP) is 5.36. The second-order valence-corrected chi connectivity index (χ2v) is 9.49. The topological polar surface area (TPSA) is 41.0 Å². The normalized spacial score (nSPS) is 19.9. The SMILES string of the molecule is CCN1CC(Cl)CC(Nc2cc(C)nc(CC(=S)Cc3ccc(Cl)c(Cl)c3)n2)C1. The van der Waals surface area contributed by atoms with Crippen LogP contribution in [0.5, 0.6) is 0 Å². The molecule has 0 bridgehead atoms. The van der Waals surface area contributed by atoms with Crippen molar-refractivity contribution in [1.82, 2.24) is 14.9 Å². The van der Waals surface area contributed by atoms with Crippen LogP contribution in [-0.2, 0) is 12.8 Å². The molecule has 0 radical (unpaired) electrons. The average molecular weight is 472 g/mol. The fourth-order valence-electron chi connectivity index (χ4n) is 3.60. The molecule has 1 aromatic heterocycles. The van der Waals surface area contributed by atoms with E-state index in [4.69, 9.17) is 52.0 Å². The van der Waals surface area contributed by atoms with Crippen molar-refractivity contribution in [2.24, 2.45) is 0 Å². The van der Waals surface area contributed by atoms with Gasteiger partial charge in [-0.2, -0.15) is 0 Å². The molecule has 4 nitrogen and oxygen atoms in total. The number of thiocarbonyl (C=S) groups is 1. The summed E-state index contributed by atoms with van der Waals surface area (Å²) in [6.45, 7) is 7.04. The zero-order valence-corrected chi connectivity index (χ0v) is 19.7. The van der Waals surface area contributed by atoms with E-state index in [-0.39, 0.29) is 11.4 Å². The van der Waals surface area contributed by atoms with Gasteiger partial charge in [0.2, 0.25) is 0 Å². The molecule has 29 heavy (non-hydrogen) atoms. The van der Waals surface area contributed by atoms with Gasteiger partial charge >= 0.3 is 0 Å². The summed E-state index contributed by atoms with van der Waals surface area (Å²) in [5.74, 6) is 1.56. The molecule has 2 aromatic rings. The van der Waals surface area contributed by atoms with E-state index in [1.807, 2.05) is 25.1 Å². The number of likely N-dealkylation sites (tertiary alicyclic amines) is 1. The third-order valence-corrected chi connectivity index (χ3v) is 6.26. The molecule has 0 amide bonds. The second-order valence-electron chi connectivity index (χ2n) is 7.48. The van der Waals surface area contributed by atoms with Crippen molar-refractivity contribution in [3.05, 3.63) is 51.4 Å². The molecule has 1 aromatic carbocycles. The van der Waals surface area contributed by atoms with E-state index in [1.54, 1.807) is 6.07 Å². The molecule has 1 N–H and O–H groups in total. The number of halogens is 3. The first-order valence-corrected chi connectivity index (χ1v) is 11.4. The van der Waals surface area contributed by atoms with Crippen LogP contribution in [0.1, 0.15) is 30.4 Å². The first-order valence-electron chi connectivity index (χ1n) is 9.75. The summed E-state index contributed by atoms with van der Waals surface area (Å²) in [5, 5.41) is 4.78. The van der Waals surface area contributed by atoms with E-state index in [0.29, 0.717) is 22.9 Å². The van der Waals surface area contributed by atoms with Crippen LogP contribution in [0.2, 0.25) is 10.0 Å². The van der Waals surface area contributed by atoms with E-state index in [9.17, 15) is 0 Å². The van der Waals surface area contributed by atoms with Gasteiger partial charge in [0.25, 0.3) is 0 Å². The Morgan fingerprint density at radius 2 is 1.97 bits per heavy atom. The molecule has 1 saturated heterocycles. The second kappa shape index (κ2) is 10.4. The number of likely N-dealkylation sites (N-methyl/N-ethyl adjacent to an activating group) is 1. The molecule has 2 heterocycles. The van der Waals surface area contributed by atoms with Gasteiger partial charge in [-0.3, -0.25) is 0 Å². The molecule has 1 aliphatic heterocycles. The highest BCUT2D eigenvalue weighted by Crippen LogP contribution is 2.23. The highest BCUT2D eigenvalue weighted by atomic mass is 35.5. The van der Waals surface area contributed by atoms with E-state index in [2.05, 4.69) is 22.1 Å². The van der Waals surface area contributed by atoms with Crippen LogP contribution in [0.4, 0.5) is 5.82 Å².